The summed E-state index contributed by atoms with van der Waals surface area (Å²) >= 11 is 0. The molecular weight excluding hydrogens is 263 g/mol. The van der Waals surface area contributed by atoms with E-state index in [0.717, 1.165) is 6.54 Å². The summed E-state index contributed by atoms with van der Waals surface area (Å²) in [5, 5.41) is 2.73. The van der Waals surface area contributed by atoms with Gasteiger partial charge in [0.1, 0.15) is 12.4 Å². The summed E-state index contributed by atoms with van der Waals surface area (Å²) in [6, 6.07) is 3.98. The van der Waals surface area contributed by atoms with E-state index in [4.69, 9.17) is 0 Å². The average molecular weight is 280 g/mol. The number of carbonyl (C=O) groups is 1. The van der Waals surface area contributed by atoms with Crippen molar-refractivity contribution in [3.05, 3.63) is 34.5 Å². The topological polar surface area (TPSA) is 70.1 Å². The Bertz CT molecular complexity index is 675. The van der Waals surface area contributed by atoms with E-state index in [9.17, 15) is 14.0 Å². The Morgan fingerprint density at radius 2 is 2.20 bits per heavy atom. The van der Waals surface area contributed by atoms with Gasteiger partial charge in [-0.3, -0.25) is 9.36 Å². The van der Waals surface area contributed by atoms with Gasteiger partial charge in [-0.1, -0.05) is 0 Å². The molecule has 7 heteroatoms. The minimum atomic E-state index is -0.429. The number of aromatic nitrogens is 2. The van der Waals surface area contributed by atoms with Crippen LogP contribution in [-0.2, 0) is 11.3 Å². The van der Waals surface area contributed by atoms with Crippen LogP contribution in [-0.4, -0.2) is 47.5 Å². The first-order valence-corrected chi connectivity index (χ1v) is 6.27. The largest absolute Gasteiger partial charge is 0.353 e. The number of aromatic amines is 1. The van der Waals surface area contributed by atoms with E-state index >= 15 is 0 Å². The molecule has 0 radical (unpaired) electrons. The number of fused-ring (bicyclic) bond motifs is 1. The predicted octanol–water partition coefficient (Wildman–Crippen LogP) is 0.147. The van der Waals surface area contributed by atoms with Crippen molar-refractivity contribution in [2.24, 2.45) is 0 Å². The van der Waals surface area contributed by atoms with Crippen molar-refractivity contribution in [3.63, 3.8) is 0 Å². The fraction of sp³-hybridized carbons (Fsp3) is 0.385. The molecule has 0 aliphatic heterocycles. The van der Waals surface area contributed by atoms with Crippen LogP contribution >= 0.6 is 0 Å². The molecule has 6 nitrogen and oxygen atoms in total. The molecule has 0 fully saturated rings. The minimum Gasteiger partial charge on any atom is -0.353 e. The molecule has 0 aliphatic carbocycles. The Morgan fingerprint density at radius 1 is 1.45 bits per heavy atom. The zero-order chi connectivity index (χ0) is 14.7. The van der Waals surface area contributed by atoms with E-state index in [-0.39, 0.29) is 12.5 Å². The van der Waals surface area contributed by atoms with Crippen LogP contribution in [0.5, 0.6) is 0 Å². The highest BCUT2D eigenvalue weighted by molar-refractivity contribution is 5.80. The van der Waals surface area contributed by atoms with Crippen LogP contribution in [0, 0.1) is 5.82 Å². The number of carbonyl (C=O) groups excluding carboxylic acids is 1. The number of hydrogen-bond acceptors (Lipinski definition) is 3. The van der Waals surface area contributed by atoms with Gasteiger partial charge in [0.15, 0.2) is 0 Å². The van der Waals surface area contributed by atoms with Gasteiger partial charge in [0.2, 0.25) is 5.91 Å². The molecule has 1 aromatic carbocycles. The molecule has 1 amide bonds. The second-order valence-corrected chi connectivity index (χ2v) is 4.83. The number of hydrogen-bond donors (Lipinski definition) is 2. The fourth-order valence-corrected chi connectivity index (χ4v) is 1.91. The normalized spacial score (nSPS) is 11.2. The van der Waals surface area contributed by atoms with E-state index in [1.165, 1.54) is 22.8 Å². The molecule has 0 bridgehead atoms. The van der Waals surface area contributed by atoms with Crippen molar-refractivity contribution in [2.45, 2.75) is 6.54 Å². The van der Waals surface area contributed by atoms with E-state index in [1.807, 2.05) is 19.0 Å². The third-order valence-electron chi connectivity index (χ3n) is 2.92. The monoisotopic (exact) mass is 280 g/mol. The number of imidazole rings is 1. The smallest absolute Gasteiger partial charge is 0.326 e. The first-order chi connectivity index (χ1) is 9.47. The first kappa shape index (κ1) is 14.3. The van der Waals surface area contributed by atoms with Gasteiger partial charge in [-0.25, -0.2) is 9.18 Å². The van der Waals surface area contributed by atoms with E-state index < -0.39 is 11.5 Å². The molecule has 0 aliphatic rings. The Labute approximate surface area is 115 Å². The predicted molar refractivity (Wildman–Crippen MR) is 74.1 cm³/mol. The lowest BCUT2D eigenvalue weighted by molar-refractivity contribution is -0.121. The first-order valence-electron chi connectivity index (χ1n) is 6.27. The number of rotatable bonds is 5. The zero-order valence-electron chi connectivity index (χ0n) is 11.4. The Hall–Kier alpha value is -2.15. The minimum absolute atomic E-state index is 0.0854. The summed E-state index contributed by atoms with van der Waals surface area (Å²) in [5.74, 6) is -0.680. The highest BCUT2D eigenvalue weighted by Crippen LogP contribution is 2.11. The third kappa shape index (κ3) is 3.24. The van der Waals surface area contributed by atoms with Gasteiger partial charge in [-0.15, -0.1) is 0 Å². The third-order valence-corrected chi connectivity index (χ3v) is 2.92. The summed E-state index contributed by atoms with van der Waals surface area (Å²) in [7, 11) is 3.82. The molecule has 0 spiro atoms. The maximum absolute atomic E-state index is 13.1. The molecule has 2 N–H and O–H groups in total. The van der Waals surface area contributed by atoms with Crippen molar-refractivity contribution >= 4 is 16.9 Å². The molecular formula is C13H17FN4O2. The molecule has 2 aromatic rings. The number of benzene rings is 1. The lowest BCUT2D eigenvalue weighted by Gasteiger charge is -2.10. The molecule has 0 saturated carbocycles. The maximum Gasteiger partial charge on any atom is 0.326 e. The molecule has 0 saturated heterocycles. The second kappa shape index (κ2) is 5.87. The van der Waals surface area contributed by atoms with Crippen molar-refractivity contribution in [2.75, 3.05) is 27.2 Å². The van der Waals surface area contributed by atoms with Crippen LogP contribution in [0.25, 0.3) is 11.0 Å². The number of likely N-dealkylation sites (N-methyl/N-ethyl adjacent to an activating group) is 1. The summed E-state index contributed by atoms with van der Waals surface area (Å²) in [6.45, 7) is 1.15. The molecule has 0 atom stereocenters. The van der Waals surface area contributed by atoms with Crippen LogP contribution in [0.15, 0.2) is 23.0 Å². The Balaban J connectivity index is 2.11. The number of H-pyrrole nitrogens is 1. The number of amides is 1. The summed E-state index contributed by atoms with van der Waals surface area (Å²) in [5.41, 5.74) is 0.476. The number of halogens is 1. The number of nitrogens with one attached hydrogen (secondary N) is 2. The number of nitrogens with zero attached hydrogens (tertiary/aromatic N) is 2. The summed E-state index contributed by atoms with van der Waals surface area (Å²) < 4.78 is 14.4. The molecule has 2 rings (SSSR count). The highest BCUT2D eigenvalue weighted by Gasteiger charge is 2.10. The van der Waals surface area contributed by atoms with Crippen molar-refractivity contribution in [3.8, 4) is 0 Å². The van der Waals surface area contributed by atoms with Crippen LogP contribution in [0.1, 0.15) is 0 Å². The molecule has 0 unspecified atom stereocenters. The van der Waals surface area contributed by atoms with Gasteiger partial charge in [0, 0.05) is 13.1 Å². The molecule has 1 heterocycles. The summed E-state index contributed by atoms with van der Waals surface area (Å²) in [4.78, 5) is 28.0. The molecule has 20 heavy (non-hydrogen) atoms. The van der Waals surface area contributed by atoms with Gasteiger partial charge in [-0.05, 0) is 32.3 Å². The van der Waals surface area contributed by atoms with Gasteiger partial charge < -0.3 is 15.2 Å². The molecule has 108 valence electrons. The van der Waals surface area contributed by atoms with Crippen molar-refractivity contribution in [1.82, 2.24) is 19.8 Å². The Morgan fingerprint density at radius 3 is 2.90 bits per heavy atom. The lowest BCUT2D eigenvalue weighted by Crippen LogP contribution is -2.35. The SMILES string of the molecule is CN(C)CCNC(=O)Cn1c(=O)[nH]c2cc(F)ccc21. The highest BCUT2D eigenvalue weighted by atomic mass is 19.1. The van der Waals surface area contributed by atoms with E-state index in [1.54, 1.807) is 0 Å². The quantitative estimate of drug-likeness (QED) is 0.819. The maximum atomic E-state index is 13.1. The van der Waals surface area contributed by atoms with Crippen LogP contribution in [0.3, 0.4) is 0 Å². The van der Waals surface area contributed by atoms with E-state index in [0.29, 0.717) is 17.6 Å². The average Bonchev–Trinajstić information content (AvgIpc) is 2.64. The van der Waals surface area contributed by atoms with Crippen LogP contribution in [0.4, 0.5) is 4.39 Å². The Kier molecular flexibility index (Phi) is 4.19. The summed E-state index contributed by atoms with van der Waals surface area (Å²) in [6.07, 6.45) is 0. The standard InChI is InChI=1S/C13H17FN4O2/c1-17(2)6-5-15-12(19)8-18-11-4-3-9(14)7-10(11)16-13(18)20/h3-4,7H,5-6,8H2,1-2H3,(H,15,19)(H,16,20). The van der Waals surface area contributed by atoms with Gasteiger partial charge in [-0.2, -0.15) is 0 Å². The second-order valence-electron chi connectivity index (χ2n) is 4.83. The lowest BCUT2D eigenvalue weighted by atomic mass is 10.3. The molecule has 1 aromatic heterocycles. The van der Waals surface area contributed by atoms with Crippen LogP contribution < -0.4 is 11.0 Å². The van der Waals surface area contributed by atoms with Gasteiger partial charge >= 0.3 is 5.69 Å². The van der Waals surface area contributed by atoms with Gasteiger partial charge in [0.25, 0.3) is 0 Å². The zero-order valence-corrected chi connectivity index (χ0v) is 11.4. The van der Waals surface area contributed by atoms with E-state index in [2.05, 4.69) is 10.3 Å². The van der Waals surface area contributed by atoms with Crippen molar-refractivity contribution < 1.29 is 9.18 Å². The van der Waals surface area contributed by atoms with Gasteiger partial charge in [0.05, 0.1) is 11.0 Å². The van der Waals surface area contributed by atoms with Crippen LogP contribution in [0.2, 0.25) is 0 Å². The van der Waals surface area contributed by atoms with Crippen molar-refractivity contribution in [1.29, 1.82) is 0 Å². The fourth-order valence-electron chi connectivity index (χ4n) is 1.91.